The van der Waals surface area contributed by atoms with Gasteiger partial charge in [0.05, 0.1) is 50.2 Å². The number of carbonyl (C=O) groups is 4. The van der Waals surface area contributed by atoms with Gasteiger partial charge < -0.3 is 39.0 Å². The highest BCUT2D eigenvalue weighted by molar-refractivity contribution is 9.10. The third kappa shape index (κ3) is 7.61. The number of hydrogen-bond donors (Lipinski definition) is 3. The molecule has 3 rings (SSSR count). The molecule has 0 aromatic heterocycles. The minimum atomic E-state index is -0.765. The second-order valence-corrected chi connectivity index (χ2v) is 8.84. The van der Waals surface area contributed by atoms with E-state index in [1.165, 1.54) is 18.1 Å². The summed E-state index contributed by atoms with van der Waals surface area (Å²) in [5, 5.41) is 13.4. The highest BCUT2D eigenvalue weighted by atomic mass is 79.9. The lowest BCUT2D eigenvalue weighted by atomic mass is 10.0. The van der Waals surface area contributed by atoms with Crippen LogP contribution in [0.4, 0.5) is 0 Å². The summed E-state index contributed by atoms with van der Waals surface area (Å²) in [7, 11) is 1.41. The van der Waals surface area contributed by atoms with Crippen molar-refractivity contribution in [3.63, 3.8) is 0 Å². The maximum atomic E-state index is 13.1. The number of aliphatic hydroxyl groups is 1. The van der Waals surface area contributed by atoms with Gasteiger partial charge in [0.1, 0.15) is 24.3 Å². The molecule has 0 spiro atoms. The van der Waals surface area contributed by atoms with Crippen molar-refractivity contribution in [3.05, 3.63) is 21.7 Å². The summed E-state index contributed by atoms with van der Waals surface area (Å²) in [6.45, 7) is 1.43. The summed E-state index contributed by atoms with van der Waals surface area (Å²) in [6, 6.07) is 0.745. The van der Waals surface area contributed by atoms with Crippen LogP contribution in [0.3, 0.4) is 0 Å². The van der Waals surface area contributed by atoms with Gasteiger partial charge >= 0.3 is 0 Å². The topological polar surface area (TPSA) is 162 Å². The number of benzene rings is 1. The third-order valence-electron chi connectivity index (χ3n) is 5.66. The minimum Gasteiger partial charge on any atom is -0.496 e. The number of carbonyl (C=O) groups excluding carboxylic acids is 4. The van der Waals surface area contributed by atoms with Crippen molar-refractivity contribution in [1.82, 2.24) is 15.5 Å². The molecule has 0 radical (unpaired) electrons. The highest BCUT2D eigenvalue weighted by Crippen LogP contribution is 2.43. The van der Waals surface area contributed by atoms with E-state index in [1.807, 2.05) is 0 Å². The van der Waals surface area contributed by atoms with E-state index in [4.69, 9.17) is 28.8 Å². The molecule has 0 saturated carbocycles. The lowest BCUT2D eigenvalue weighted by Gasteiger charge is -2.29. The van der Waals surface area contributed by atoms with Crippen molar-refractivity contribution >= 4 is 39.6 Å². The number of nitrogens with zero attached hydrogens (tertiary/aromatic N) is 1. The summed E-state index contributed by atoms with van der Waals surface area (Å²) < 4.78 is 26.9. The fourth-order valence-electron chi connectivity index (χ4n) is 3.89. The number of halogens is 1. The molecule has 1 aromatic rings. The van der Waals surface area contributed by atoms with E-state index in [0.29, 0.717) is 47.8 Å². The maximum Gasteiger partial charge on any atom is 0.259 e. The van der Waals surface area contributed by atoms with E-state index < -0.39 is 11.9 Å². The Labute approximate surface area is 221 Å². The number of methoxy groups -OCH3 is 1. The number of piperidine rings is 1. The fraction of sp³-hybridized carbons (Fsp3) is 0.565. The molecule has 14 heteroatoms. The van der Waals surface area contributed by atoms with Gasteiger partial charge in [0.15, 0.2) is 6.61 Å². The molecule has 1 unspecified atom stereocenters. The Kier molecular flexibility index (Phi) is 11.1. The first-order valence-electron chi connectivity index (χ1n) is 11.6. The first-order chi connectivity index (χ1) is 17.9. The Bertz CT molecular complexity index is 1010. The summed E-state index contributed by atoms with van der Waals surface area (Å²) in [5.74, 6) is -1.05. The van der Waals surface area contributed by atoms with Crippen molar-refractivity contribution in [1.29, 1.82) is 0 Å². The molecule has 1 aromatic carbocycles. The summed E-state index contributed by atoms with van der Waals surface area (Å²) in [5.41, 5.74) is 0.876. The van der Waals surface area contributed by atoms with E-state index in [9.17, 15) is 19.2 Å². The number of rotatable bonds is 15. The van der Waals surface area contributed by atoms with Crippen LogP contribution in [0.5, 0.6) is 11.5 Å². The molecule has 3 N–H and O–H groups in total. The van der Waals surface area contributed by atoms with Crippen LogP contribution in [0, 0.1) is 0 Å². The Morgan fingerprint density at radius 1 is 1.14 bits per heavy atom. The van der Waals surface area contributed by atoms with Gasteiger partial charge in [-0.15, -0.1) is 0 Å². The molecule has 2 aliphatic heterocycles. The average molecular weight is 588 g/mol. The zero-order valence-electron chi connectivity index (χ0n) is 20.4. The molecule has 37 heavy (non-hydrogen) atoms. The summed E-state index contributed by atoms with van der Waals surface area (Å²) in [6.07, 6.45) is 0.391. The van der Waals surface area contributed by atoms with Crippen LogP contribution in [0.2, 0.25) is 0 Å². The lowest BCUT2D eigenvalue weighted by Crippen LogP contribution is -2.52. The minimum absolute atomic E-state index is 0.121. The Morgan fingerprint density at radius 2 is 1.84 bits per heavy atom. The van der Waals surface area contributed by atoms with Crippen LogP contribution in [-0.4, -0.2) is 99.8 Å². The smallest absolute Gasteiger partial charge is 0.259 e. The first kappa shape index (κ1) is 28.8. The average Bonchev–Trinajstić information content (AvgIpc) is 3.22. The Hall–Kier alpha value is -2.78. The normalized spacial score (nSPS) is 17.0. The van der Waals surface area contributed by atoms with Crippen molar-refractivity contribution in [2.75, 3.05) is 60.1 Å². The van der Waals surface area contributed by atoms with Gasteiger partial charge in [-0.25, -0.2) is 0 Å². The molecule has 2 heterocycles. The third-order valence-corrected chi connectivity index (χ3v) is 6.53. The molecular weight excluding hydrogens is 558 g/mol. The van der Waals surface area contributed by atoms with Crippen LogP contribution < -0.4 is 20.1 Å². The Morgan fingerprint density at radius 3 is 2.51 bits per heavy atom. The SMILES string of the molecule is COc1cc(OCC(=O)NCCOCCOCCOCO)c(Br)c2c1C(=O)N(C1CCC(=O)NC1=O)C2. The number of amides is 4. The number of imide groups is 1. The number of fused-ring (bicyclic) bond motifs is 1. The van der Waals surface area contributed by atoms with E-state index in [0.717, 1.165) is 0 Å². The van der Waals surface area contributed by atoms with Crippen molar-refractivity contribution in [3.8, 4) is 11.5 Å². The molecule has 0 aliphatic carbocycles. The van der Waals surface area contributed by atoms with Crippen LogP contribution in [0.25, 0.3) is 0 Å². The highest BCUT2D eigenvalue weighted by Gasteiger charge is 2.42. The Balaban J connectivity index is 1.48. The number of hydrogen-bond acceptors (Lipinski definition) is 10. The standard InChI is InChI=1S/C23H30BrN3O10/c1-33-16-10-17(37-12-19(30)25-4-5-34-6-7-35-8-9-36-13-28)21(24)14-11-27(23(32)20(14)16)15-2-3-18(29)26-22(15)31/h10,15,28H,2-9,11-13H2,1H3,(H,25,30)(H,26,29,31). The van der Waals surface area contributed by atoms with E-state index in [1.54, 1.807) is 0 Å². The van der Waals surface area contributed by atoms with E-state index in [2.05, 4.69) is 26.6 Å². The van der Waals surface area contributed by atoms with Gasteiger partial charge in [-0.2, -0.15) is 0 Å². The first-order valence-corrected chi connectivity index (χ1v) is 12.4. The molecule has 0 bridgehead atoms. The van der Waals surface area contributed by atoms with Crippen molar-refractivity contribution < 1.29 is 48.0 Å². The lowest BCUT2D eigenvalue weighted by molar-refractivity contribution is -0.137. The fourth-order valence-corrected chi connectivity index (χ4v) is 4.44. The van der Waals surface area contributed by atoms with Crippen LogP contribution in [-0.2, 0) is 35.1 Å². The largest absolute Gasteiger partial charge is 0.496 e. The summed E-state index contributed by atoms with van der Waals surface area (Å²) in [4.78, 5) is 50.5. The second-order valence-electron chi connectivity index (χ2n) is 8.05. The molecule has 2 aliphatic rings. The maximum absolute atomic E-state index is 13.1. The second kappa shape index (κ2) is 14.2. The number of aliphatic hydroxyl groups excluding tert-OH is 1. The quantitative estimate of drug-likeness (QED) is 0.141. The molecule has 204 valence electrons. The predicted octanol–water partition coefficient (Wildman–Crippen LogP) is -0.287. The number of ether oxygens (including phenoxy) is 5. The van der Waals surface area contributed by atoms with Gasteiger partial charge in [-0.1, -0.05) is 0 Å². The van der Waals surface area contributed by atoms with E-state index in [-0.39, 0.29) is 69.4 Å². The van der Waals surface area contributed by atoms with Gasteiger partial charge in [0.2, 0.25) is 11.8 Å². The van der Waals surface area contributed by atoms with Gasteiger partial charge in [0.25, 0.3) is 11.8 Å². The summed E-state index contributed by atoms with van der Waals surface area (Å²) >= 11 is 3.46. The van der Waals surface area contributed by atoms with E-state index >= 15 is 0 Å². The van der Waals surface area contributed by atoms with Crippen molar-refractivity contribution in [2.45, 2.75) is 25.4 Å². The number of nitrogens with one attached hydrogen (secondary N) is 2. The van der Waals surface area contributed by atoms with Gasteiger partial charge in [-0.05, 0) is 22.4 Å². The molecular formula is C23H30BrN3O10. The van der Waals surface area contributed by atoms with Gasteiger partial charge in [0, 0.05) is 31.1 Å². The molecule has 1 atom stereocenters. The zero-order chi connectivity index (χ0) is 26.8. The predicted molar refractivity (Wildman–Crippen MR) is 130 cm³/mol. The van der Waals surface area contributed by atoms with Crippen LogP contribution in [0.15, 0.2) is 10.5 Å². The van der Waals surface area contributed by atoms with Crippen LogP contribution >= 0.6 is 15.9 Å². The molecule has 4 amide bonds. The molecule has 1 saturated heterocycles. The van der Waals surface area contributed by atoms with Crippen molar-refractivity contribution in [2.24, 2.45) is 0 Å². The van der Waals surface area contributed by atoms with Crippen LogP contribution in [0.1, 0.15) is 28.8 Å². The zero-order valence-corrected chi connectivity index (χ0v) is 22.0. The van der Waals surface area contributed by atoms with Gasteiger partial charge in [-0.3, -0.25) is 24.5 Å². The monoisotopic (exact) mass is 587 g/mol. The molecule has 1 fully saturated rings. The molecule has 13 nitrogen and oxygen atoms in total.